The number of rotatable bonds is 6. The molecule has 10 heteroatoms. The molecule has 6 nitrogen and oxygen atoms in total. The Morgan fingerprint density at radius 3 is 2.74 bits per heavy atom. The van der Waals surface area contributed by atoms with Crippen LogP contribution in [0.1, 0.15) is 25.5 Å². The van der Waals surface area contributed by atoms with Gasteiger partial charge in [-0.15, -0.1) is 0 Å². The Morgan fingerprint density at radius 2 is 2.17 bits per heavy atom. The SMILES string of the molecule is CCOc1nc(Cl)cc2c1c(C(F)(F)F)nn2CCCC(=O)O. The maximum atomic E-state index is 13.2. The van der Waals surface area contributed by atoms with Gasteiger partial charge in [-0.05, 0) is 13.3 Å². The third-order valence-electron chi connectivity index (χ3n) is 2.98. The summed E-state index contributed by atoms with van der Waals surface area (Å²) in [6.45, 7) is 1.73. The molecule has 0 saturated carbocycles. The van der Waals surface area contributed by atoms with E-state index in [2.05, 4.69) is 10.1 Å². The molecular formula is C13H13ClF3N3O3. The molecule has 2 aromatic rings. The second-order valence-electron chi connectivity index (χ2n) is 4.64. The average molecular weight is 352 g/mol. The summed E-state index contributed by atoms with van der Waals surface area (Å²) in [5.41, 5.74) is -1.03. The van der Waals surface area contributed by atoms with Crippen LogP contribution in [0.5, 0.6) is 5.88 Å². The molecule has 2 heterocycles. The van der Waals surface area contributed by atoms with E-state index < -0.39 is 17.8 Å². The first-order valence-electron chi connectivity index (χ1n) is 6.73. The van der Waals surface area contributed by atoms with E-state index in [1.54, 1.807) is 6.92 Å². The molecule has 0 bridgehead atoms. The molecule has 23 heavy (non-hydrogen) atoms. The fourth-order valence-corrected chi connectivity index (χ4v) is 2.30. The van der Waals surface area contributed by atoms with Gasteiger partial charge < -0.3 is 9.84 Å². The van der Waals surface area contributed by atoms with Crippen molar-refractivity contribution in [3.05, 3.63) is 16.9 Å². The number of alkyl halides is 3. The number of fused-ring (bicyclic) bond motifs is 1. The molecule has 2 rings (SSSR count). The molecule has 0 fully saturated rings. The Labute approximate surface area is 133 Å². The number of aromatic nitrogens is 3. The fraction of sp³-hybridized carbons (Fsp3) is 0.462. The van der Waals surface area contributed by atoms with E-state index in [1.807, 2.05) is 0 Å². The number of hydrogen-bond donors (Lipinski definition) is 1. The molecule has 0 unspecified atom stereocenters. The van der Waals surface area contributed by atoms with E-state index in [0.717, 1.165) is 4.68 Å². The van der Waals surface area contributed by atoms with Crippen LogP contribution in [-0.2, 0) is 17.5 Å². The Balaban J connectivity index is 2.57. The maximum Gasteiger partial charge on any atom is 0.435 e. The summed E-state index contributed by atoms with van der Waals surface area (Å²) in [6.07, 6.45) is -4.75. The third kappa shape index (κ3) is 3.84. The third-order valence-corrected chi connectivity index (χ3v) is 3.17. The zero-order valence-corrected chi connectivity index (χ0v) is 12.8. The minimum absolute atomic E-state index is 0.00475. The van der Waals surface area contributed by atoms with Gasteiger partial charge in [0.25, 0.3) is 0 Å². The Kier molecular flexibility index (Phi) is 4.98. The molecule has 1 N–H and O–H groups in total. The number of aliphatic carboxylic acids is 1. The molecule has 0 aliphatic heterocycles. The van der Waals surface area contributed by atoms with Crippen molar-refractivity contribution in [3.8, 4) is 5.88 Å². The van der Waals surface area contributed by atoms with Crippen molar-refractivity contribution < 1.29 is 27.8 Å². The number of nitrogens with zero attached hydrogens (tertiary/aromatic N) is 3. The van der Waals surface area contributed by atoms with E-state index >= 15 is 0 Å². The fourth-order valence-electron chi connectivity index (χ4n) is 2.12. The highest BCUT2D eigenvalue weighted by Gasteiger charge is 2.38. The first-order chi connectivity index (χ1) is 10.7. The van der Waals surface area contributed by atoms with Crippen molar-refractivity contribution in [2.24, 2.45) is 0 Å². The van der Waals surface area contributed by atoms with Gasteiger partial charge in [-0.1, -0.05) is 11.6 Å². The number of carboxylic acid groups (broad SMARTS) is 1. The zero-order valence-electron chi connectivity index (χ0n) is 12.0. The van der Waals surface area contributed by atoms with E-state index in [1.165, 1.54) is 6.07 Å². The van der Waals surface area contributed by atoms with Crippen LogP contribution in [0.3, 0.4) is 0 Å². The number of aryl methyl sites for hydroxylation is 1. The highest BCUT2D eigenvalue weighted by molar-refractivity contribution is 6.30. The van der Waals surface area contributed by atoms with Crippen molar-refractivity contribution in [1.82, 2.24) is 14.8 Å². The van der Waals surface area contributed by atoms with Crippen LogP contribution < -0.4 is 4.74 Å². The summed E-state index contributed by atoms with van der Waals surface area (Å²) >= 11 is 5.83. The van der Waals surface area contributed by atoms with Crippen molar-refractivity contribution in [3.63, 3.8) is 0 Å². The van der Waals surface area contributed by atoms with Gasteiger partial charge in [0.2, 0.25) is 5.88 Å². The van der Waals surface area contributed by atoms with E-state index in [9.17, 15) is 18.0 Å². The predicted molar refractivity (Wildman–Crippen MR) is 75.6 cm³/mol. The number of carboxylic acids is 1. The molecule has 2 aromatic heterocycles. The molecule has 0 amide bonds. The number of halogens is 4. The van der Waals surface area contributed by atoms with E-state index in [-0.39, 0.29) is 47.9 Å². The standard InChI is InChI=1S/C13H13ClF3N3O3/c1-2-23-12-10-7(6-8(14)18-12)20(5-3-4-9(21)22)19-11(10)13(15,16)17/h6H,2-5H2,1H3,(H,21,22). The van der Waals surface area contributed by atoms with Crippen molar-refractivity contribution in [1.29, 1.82) is 0 Å². The molecule has 0 radical (unpaired) electrons. The summed E-state index contributed by atoms with van der Waals surface area (Å²) in [5, 5.41) is 11.9. The lowest BCUT2D eigenvalue weighted by atomic mass is 10.2. The lowest BCUT2D eigenvalue weighted by Gasteiger charge is -2.07. The van der Waals surface area contributed by atoms with Crippen LogP contribution in [-0.4, -0.2) is 32.4 Å². The van der Waals surface area contributed by atoms with Gasteiger partial charge in [-0.25, -0.2) is 4.98 Å². The van der Waals surface area contributed by atoms with E-state index in [4.69, 9.17) is 21.4 Å². The minimum Gasteiger partial charge on any atom is -0.481 e. The molecule has 126 valence electrons. The second-order valence-corrected chi connectivity index (χ2v) is 5.03. The number of carbonyl (C=O) groups is 1. The lowest BCUT2D eigenvalue weighted by molar-refractivity contribution is -0.140. The first-order valence-corrected chi connectivity index (χ1v) is 7.10. The first kappa shape index (κ1) is 17.3. The van der Waals surface area contributed by atoms with Crippen LogP contribution in [0.25, 0.3) is 10.9 Å². The smallest absolute Gasteiger partial charge is 0.435 e. The summed E-state index contributed by atoms with van der Waals surface area (Å²) in [5.74, 6) is -1.28. The van der Waals surface area contributed by atoms with Gasteiger partial charge in [-0.3, -0.25) is 9.48 Å². The highest BCUT2D eigenvalue weighted by Crippen LogP contribution is 2.38. The molecule has 0 aromatic carbocycles. The zero-order chi connectivity index (χ0) is 17.2. The normalized spacial score (nSPS) is 11.9. The number of pyridine rings is 1. The van der Waals surface area contributed by atoms with Gasteiger partial charge in [0.1, 0.15) is 5.15 Å². The van der Waals surface area contributed by atoms with Gasteiger partial charge >= 0.3 is 12.1 Å². The molecule has 0 aliphatic rings. The molecule has 0 saturated heterocycles. The van der Waals surface area contributed by atoms with Crippen molar-refractivity contribution in [2.75, 3.05) is 6.61 Å². The Morgan fingerprint density at radius 1 is 1.48 bits per heavy atom. The average Bonchev–Trinajstić information content (AvgIpc) is 2.77. The highest BCUT2D eigenvalue weighted by atomic mass is 35.5. The number of ether oxygens (including phenoxy) is 1. The predicted octanol–water partition coefficient (Wildman–Crippen LogP) is 3.37. The quantitative estimate of drug-likeness (QED) is 0.807. The van der Waals surface area contributed by atoms with Gasteiger partial charge in [-0.2, -0.15) is 18.3 Å². The molecular weight excluding hydrogens is 339 g/mol. The van der Waals surface area contributed by atoms with E-state index in [0.29, 0.717) is 0 Å². The van der Waals surface area contributed by atoms with Gasteiger partial charge in [0.05, 0.1) is 17.5 Å². The summed E-state index contributed by atoms with van der Waals surface area (Å²) in [7, 11) is 0. The van der Waals surface area contributed by atoms with Crippen LogP contribution in [0.15, 0.2) is 6.07 Å². The molecule has 0 spiro atoms. The monoisotopic (exact) mass is 351 g/mol. The Hall–Kier alpha value is -2.03. The minimum atomic E-state index is -4.70. The largest absolute Gasteiger partial charge is 0.481 e. The summed E-state index contributed by atoms with van der Waals surface area (Å²) in [4.78, 5) is 14.3. The summed E-state index contributed by atoms with van der Waals surface area (Å²) < 4.78 is 45.9. The van der Waals surface area contributed by atoms with Crippen molar-refractivity contribution >= 4 is 28.5 Å². The topological polar surface area (TPSA) is 77.2 Å². The lowest BCUT2D eigenvalue weighted by Crippen LogP contribution is -2.09. The second kappa shape index (κ2) is 6.61. The van der Waals surface area contributed by atoms with Gasteiger partial charge in [0.15, 0.2) is 5.69 Å². The van der Waals surface area contributed by atoms with Crippen LogP contribution >= 0.6 is 11.6 Å². The van der Waals surface area contributed by atoms with Gasteiger partial charge in [0, 0.05) is 19.0 Å². The van der Waals surface area contributed by atoms with Crippen LogP contribution in [0, 0.1) is 0 Å². The molecule has 0 atom stereocenters. The van der Waals surface area contributed by atoms with Crippen LogP contribution in [0.4, 0.5) is 13.2 Å². The Bertz CT molecular complexity index is 731. The number of hydrogen-bond acceptors (Lipinski definition) is 4. The van der Waals surface area contributed by atoms with Crippen molar-refractivity contribution in [2.45, 2.75) is 32.5 Å². The van der Waals surface area contributed by atoms with Crippen LogP contribution in [0.2, 0.25) is 5.15 Å². The summed E-state index contributed by atoms with van der Waals surface area (Å²) in [6, 6.07) is 1.25. The maximum absolute atomic E-state index is 13.2. The molecule has 0 aliphatic carbocycles.